The second kappa shape index (κ2) is 8.89. The highest BCUT2D eigenvalue weighted by Gasteiger charge is 2.15. The highest BCUT2D eigenvalue weighted by atomic mass is 16.5. The lowest BCUT2D eigenvalue weighted by atomic mass is 10.1. The van der Waals surface area contributed by atoms with Gasteiger partial charge in [-0.25, -0.2) is 0 Å². The van der Waals surface area contributed by atoms with E-state index < -0.39 is 6.04 Å². The summed E-state index contributed by atoms with van der Waals surface area (Å²) in [5.41, 5.74) is 3.18. The molecule has 0 heterocycles. The smallest absolute Gasteiger partial charge is 0.246 e. The van der Waals surface area contributed by atoms with E-state index >= 15 is 0 Å². The first-order valence-corrected chi connectivity index (χ1v) is 8.55. The molecule has 1 unspecified atom stereocenters. The molecule has 2 aromatic carbocycles. The number of methoxy groups -OCH3 is 1. The molecule has 0 aliphatic heterocycles. The Bertz CT molecular complexity index is 790. The van der Waals surface area contributed by atoms with Crippen LogP contribution in [-0.2, 0) is 16.0 Å². The zero-order chi connectivity index (χ0) is 19.1. The molecule has 2 amide bonds. The molecule has 0 spiro atoms. The van der Waals surface area contributed by atoms with Gasteiger partial charge in [0.2, 0.25) is 11.8 Å². The van der Waals surface area contributed by atoms with Crippen molar-refractivity contribution in [1.82, 2.24) is 0 Å². The number of aryl methyl sites for hydroxylation is 1. The minimum atomic E-state index is -0.448. The lowest BCUT2D eigenvalue weighted by Crippen LogP contribution is -2.32. The van der Waals surface area contributed by atoms with Crippen LogP contribution in [0.15, 0.2) is 42.5 Å². The largest absolute Gasteiger partial charge is 0.495 e. The van der Waals surface area contributed by atoms with Gasteiger partial charge in [-0.3, -0.25) is 9.59 Å². The minimum Gasteiger partial charge on any atom is -0.495 e. The summed E-state index contributed by atoms with van der Waals surface area (Å²) in [4.78, 5) is 23.8. The van der Waals surface area contributed by atoms with Crippen LogP contribution in [0, 0.1) is 0 Å². The van der Waals surface area contributed by atoms with E-state index in [1.807, 2.05) is 24.3 Å². The van der Waals surface area contributed by atoms with Crippen LogP contribution in [0.5, 0.6) is 5.75 Å². The van der Waals surface area contributed by atoms with E-state index in [4.69, 9.17) is 4.74 Å². The molecule has 0 saturated heterocycles. The van der Waals surface area contributed by atoms with Crippen molar-refractivity contribution in [3.05, 3.63) is 48.0 Å². The van der Waals surface area contributed by atoms with Crippen LogP contribution in [0.2, 0.25) is 0 Å². The summed E-state index contributed by atoms with van der Waals surface area (Å²) in [6.07, 6.45) is 0.934. The SMILES string of the molecule is CCc1cccc(NC(C)C(=O)Nc2cc(NC(C)=O)ccc2OC)c1. The highest BCUT2D eigenvalue weighted by Crippen LogP contribution is 2.28. The van der Waals surface area contributed by atoms with Crippen LogP contribution in [0.3, 0.4) is 0 Å². The van der Waals surface area contributed by atoms with E-state index in [1.54, 1.807) is 25.1 Å². The Labute approximate surface area is 153 Å². The summed E-state index contributed by atoms with van der Waals surface area (Å²) in [6, 6.07) is 12.6. The zero-order valence-corrected chi connectivity index (χ0v) is 15.6. The molecule has 0 aliphatic rings. The van der Waals surface area contributed by atoms with Gasteiger partial charge in [0.15, 0.2) is 0 Å². The average Bonchev–Trinajstić information content (AvgIpc) is 2.61. The fraction of sp³-hybridized carbons (Fsp3) is 0.300. The number of carbonyl (C=O) groups excluding carboxylic acids is 2. The van der Waals surface area contributed by atoms with Gasteiger partial charge in [-0.2, -0.15) is 0 Å². The van der Waals surface area contributed by atoms with E-state index in [9.17, 15) is 9.59 Å². The van der Waals surface area contributed by atoms with Crippen molar-refractivity contribution in [1.29, 1.82) is 0 Å². The maximum atomic E-state index is 12.6. The van der Waals surface area contributed by atoms with Gasteiger partial charge in [0.05, 0.1) is 12.8 Å². The van der Waals surface area contributed by atoms with Crippen LogP contribution in [0.1, 0.15) is 26.3 Å². The molecule has 0 saturated carbocycles. The summed E-state index contributed by atoms with van der Waals surface area (Å²) in [5.74, 6) is 0.135. The number of hydrogen-bond donors (Lipinski definition) is 3. The van der Waals surface area contributed by atoms with Crippen LogP contribution in [0.25, 0.3) is 0 Å². The second-order valence-corrected chi connectivity index (χ2v) is 6.01. The Balaban J connectivity index is 2.10. The van der Waals surface area contributed by atoms with Crippen LogP contribution in [-0.4, -0.2) is 25.0 Å². The van der Waals surface area contributed by atoms with E-state index in [0.717, 1.165) is 12.1 Å². The molecule has 0 radical (unpaired) electrons. The van der Waals surface area contributed by atoms with E-state index in [2.05, 4.69) is 22.9 Å². The van der Waals surface area contributed by atoms with Crippen molar-refractivity contribution in [2.45, 2.75) is 33.2 Å². The Hall–Kier alpha value is -3.02. The molecule has 2 aromatic rings. The highest BCUT2D eigenvalue weighted by molar-refractivity contribution is 5.98. The van der Waals surface area contributed by atoms with Gasteiger partial charge in [0.1, 0.15) is 11.8 Å². The third-order valence-electron chi connectivity index (χ3n) is 3.89. The molecule has 0 bridgehead atoms. The van der Waals surface area contributed by atoms with Gasteiger partial charge in [-0.05, 0) is 49.2 Å². The van der Waals surface area contributed by atoms with Gasteiger partial charge in [0.25, 0.3) is 0 Å². The fourth-order valence-electron chi connectivity index (χ4n) is 2.52. The molecule has 1 atom stereocenters. The molecular formula is C20H25N3O3. The normalized spacial score (nSPS) is 11.4. The van der Waals surface area contributed by atoms with Crippen molar-refractivity contribution in [3.8, 4) is 5.75 Å². The van der Waals surface area contributed by atoms with Crippen molar-refractivity contribution in [2.75, 3.05) is 23.1 Å². The molecule has 26 heavy (non-hydrogen) atoms. The van der Waals surface area contributed by atoms with Crippen LogP contribution in [0.4, 0.5) is 17.1 Å². The van der Waals surface area contributed by atoms with Crippen molar-refractivity contribution in [2.24, 2.45) is 0 Å². The quantitative estimate of drug-likeness (QED) is 0.708. The molecule has 0 aliphatic carbocycles. The van der Waals surface area contributed by atoms with E-state index in [1.165, 1.54) is 19.6 Å². The van der Waals surface area contributed by atoms with Gasteiger partial charge in [-0.15, -0.1) is 0 Å². The number of carbonyl (C=O) groups is 2. The molecule has 6 nitrogen and oxygen atoms in total. The number of benzene rings is 2. The Morgan fingerprint density at radius 1 is 1.08 bits per heavy atom. The molecule has 0 aromatic heterocycles. The van der Waals surface area contributed by atoms with Gasteiger partial charge < -0.3 is 20.7 Å². The first-order chi connectivity index (χ1) is 12.4. The molecular weight excluding hydrogens is 330 g/mol. The first kappa shape index (κ1) is 19.3. The Morgan fingerprint density at radius 3 is 2.50 bits per heavy atom. The number of hydrogen-bond acceptors (Lipinski definition) is 4. The maximum Gasteiger partial charge on any atom is 0.246 e. The first-order valence-electron chi connectivity index (χ1n) is 8.55. The number of ether oxygens (including phenoxy) is 1. The molecule has 2 rings (SSSR count). The van der Waals surface area contributed by atoms with Crippen LogP contribution < -0.4 is 20.7 Å². The zero-order valence-electron chi connectivity index (χ0n) is 15.6. The molecule has 0 fully saturated rings. The maximum absolute atomic E-state index is 12.6. The molecule has 138 valence electrons. The number of anilines is 3. The standard InChI is InChI=1S/C20H25N3O3/c1-5-15-7-6-8-16(11-15)21-13(2)20(25)23-18-12-17(22-14(3)24)9-10-19(18)26-4/h6-13,21H,5H2,1-4H3,(H,22,24)(H,23,25). The van der Waals surface area contributed by atoms with Gasteiger partial charge in [-0.1, -0.05) is 19.1 Å². The topological polar surface area (TPSA) is 79.5 Å². The monoisotopic (exact) mass is 355 g/mol. The van der Waals surface area contributed by atoms with Gasteiger partial charge >= 0.3 is 0 Å². The summed E-state index contributed by atoms with van der Waals surface area (Å²) in [5, 5.41) is 8.73. The predicted molar refractivity (Wildman–Crippen MR) is 105 cm³/mol. The Kier molecular flexibility index (Phi) is 6.60. The summed E-state index contributed by atoms with van der Waals surface area (Å²) in [7, 11) is 1.53. The number of rotatable bonds is 7. The molecule has 3 N–H and O–H groups in total. The second-order valence-electron chi connectivity index (χ2n) is 6.01. The summed E-state index contributed by atoms with van der Waals surface area (Å²) in [6.45, 7) is 5.31. The van der Waals surface area contributed by atoms with Crippen molar-refractivity contribution < 1.29 is 14.3 Å². The van der Waals surface area contributed by atoms with Crippen LogP contribution >= 0.6 is 0 Å². The third kappa shape index (κ3) is 5.24. The Morgan fingerprint density at radius 2 is 1.85 bits per heavy atom. The number of amides is 2. The summed E-state index contributed by atoms with van der Waals surface area (Å²) < 4.78 is 5.29. The fourth-order valence-corrected chi connectivity index (χ4v) is 2.52. The third-order valence-corrected chi connectivity index (χ3v) is 3.89. The lowest BCUT2D eigenvalue weighted by molar-refractivity contribution is -0.116. The van der Waals surface area contributed by atoms with Crippen molar-refractivity contribution in [3.63, 3.8) is 0 Å². The van der Waals surface area contributed by atoms with E-state index in [0.29, 0.717) is 17.1 Å². The van der Waals surface area contributed by atoms with E-state index in [-0.39, 0.29) is 11.8 Å². The average molecular weight is 355 g/mol. The predicted octanol–water partition coefficient (Wildman–Crippen LogP) is 3.66. The summed E-state index contributed by atoms with van der Waals surface area (Å²) >= 11 is 0. The minimum absolute atomic E-state index is 0.182. The number of nitrogens with one attached hydrogen (secondary N) is 3. The molecule has 6 heteroatoms. The lowest BCUT2D eigenvalue weighted by Gasteiger charge is -2.18. The van der Waals surface area contributed by atoms with Crippen molar-refractivity contribution >= 4 is 28.9 Å². The van der Waals surface area contributed by atoms with Gasteiger partial charge in [0, 0.05) is 18.3 Å².